The molecule has 0 aliphatic carbocycles. The number of thioether (sulfide) groups is 1. The normalized spacial score (nSPS) is 18.5. The molecule has 1 amide bonds. The first-order valence-corrected chi connectivity index (χ1v) is 7.76. The van der Waals surface area contributed by atoms with Crippen LogP contribution in [-0.2, 0) is 6.42 Å². The van der Waals surface area contributed by atoms with Crippen molar-refractivity contribution < 1.29 is 4.79 Å². The molecule has 19 heavy (non-hydrogen) atoms. The molecule has 0 bridgehead atoms. The standard InChI is InChI=1S/C13H16N4OS/c1-19-9-16-6-4-12-11(13(16)18)8-17(15-12)10-3-2-5-14-7-10/h3,7-8H,2,4-6,9H2,1H3. The van der Waals surface area contributed by atoms with Crippen molar-refractivity contribution in [2.45, 2.75) is 12.8 Å². The topological polar surface area (TPSA) is 50.5 Å². The number of hydrogen-bond donors (Lipinski definition) is 0. The average molecular weight is 276 g/mol. The Labute approximate surface area is 116 Å². The molecule has 6 heteroatoms. The molecule has 3 rings (SSSR count). The number of carbonyl (C=O) groups excluding carboxylic acids is 1. The smallest absolute Gasteiger partial charge is 0.258 e. The lowest BCUT2D eigenvalue weighted by Gasteiger charge is -2.24. The van der Waals surface area contributed by atoms with Crippen LogP contribution in [0.1, 0.15) is 22.5 Å². The molecule has 1 aromatic heterocycles. The summed E-state index contributed by atoms with van der Waals surface area (Å²) in [7, 11) is 0. The zero-order chi connectivity index (χ0) is 13.2. The first-order chi connectivity index (χ1) is 9.29. The number of dihydropyridines is 1. The summed E-state index contributed by atoms with van der Waals surface area (Å²) >= 11 is 1.67. The van der Waals surface area contributed by atoms with E-state index in [1.54, 1.807) is 16.4 Å². The first kappa shape index (κ1) is 12.5. The predicted molar refractivity (Wildman–Crippen MR) is 77.6 cm³/mol. The fraction of sp³-hybridized carbons (Fsp3) is 0.462. The van der Waals surface area contributed by atoms with Crippen LogP contribution in [0.15, 0.2) is 17.3 Å². The molecule has 5 nitrogen and oxygen atoms in total. The van der Waals surface area contributed by atoms with Crippen LogP contribution in [0.4, 0.5) is 0 Å². The number of rotatable bonds is 3. The van der Waals surface area contributed by atoms with Gasteiger partial charge in [-0.15, -0.1) is 11.8 Å². The van der Waals surface area contributed by atoms with Crippen molar-refractivity contribution in [3.63, 3.8) is 0 Å². The summed E-state index contributed by atoms with van der Waals surface area (Å²) in [5.41, 5.74) is 2.60. The predicted octanol–water partition coefficient (Wildman–Crippen LogP) is 1.52. The van der Waals surface area contributed by atoms with Crippen LogP contribution in [0.5, 0.6) is 0 Å². The van der Waals surface area contributed by atoms with E-state index < -0.39 is 0 Å². The molecule has 0 saturated heterocycles. The zero-order valence-corrected chi connectivity index (χ0v) is 11.7. The van der Waals surface area contributed by atoms with E-state index in [-0.39, 0.29) is 5.91 Å². The van der Waals surface area contributed by atoms with E-state index in [0.717, 1.165) is 48.8 Å². The van der Waals surface area contributed by atoms with Crippen LogP contribution in [-0.4, -0.2) is 52.0 Å². The first-order valence-electron chi connectivity index (χ1n) is 6.36. The van der Waals surface area contributed by atoms with Gasteiger partial charge in [-0.2, -0.15) is 5.10 Å². The molecule has 2 aliphatic heterocycles. The second-order valence-corrected chi connectivity index (χ2v) is 5.46. The number of fused-ring (bicyclic) bond motifs is 1. The molecule has 0 radical (unpaired) electrons. The Morgan fingerprint density at radius 3 is 3.11 bits per heavy atom. The minimum absolute atomic E-state index is 0.0928. The Kier molecular flexibility index (Phi) is 3.42. The highest BCUT2D eigenvalue weighted by molar-refractivity contribution is 7.98. The van der Waals surface area contributed by atoms with Gasteiger partial charge in [0.05, 0.1) is 22.8 Å². The number of nitrogens with zero attached hydrogens (tertiary/aromatic N) is 4. The molecular weight excluding hydrogens is 260 g/mol. The van der Waals surface area contributed by atoms with Crippen molar-refractivity contribution in [2.24, 2.45) is 4.99 Å². The third-order valence-corrected chi connectivity index (χ3v) is 3.88. The van der Waals surface area contributed by atoms with Crippen LogP contribution in [0.3, 0.4) is 0 Å². The number of aromatic nitrogens is 2. The van der Waals surface area contributed by atoms with Gasteiger partial charge in [-0.05, 0) is 12.7 Å². The van der Waals surface area contributed by atoms with E-state index >= 15 is 0 Å². The summed E-state index contributed by atoms with van der Waals surface area (Å²) in [6.45, 7) is 1.60. The molecule has 0 unspecified atom stereocenters. The molecule has 0 spiro atoms. The second kappa shape index (κ2) is 5.21. The Hall–Kier alpha value is -1.56. The maximum Gasteiger partial charge on any atom is 0.258 e. The van der Waals surface area contributed by atoms with Crippen molar-refractivity contribution in [1.29, 1.82) is 0 Å². The van der Waals surface area contributed by atoms with Crippen LogP contribution < -0.4 is 0 Å². The van der Waals surface area contributed by atoms with Crippen LogP contribution >= 0.6 is 11.8 Å². The maximum atomic E-state index is 12.3. The number of carbonyl (C=O) groups is 1. The lowest BCUT2D eigenvalue weighted by molar-refractivity contribution is 0.0771. The van der Waals surface area contributed by atoms with E-state index in [0.29, 0.717) is 0 Å². The van der Waals surface area contributed by atoms with Crippen molar-refractivity contribution in [2.75, 3.05) is 25.2 Å². The van der Waals surface area contributed by atoms with Gasteiger partial charge >= 0.3 is 0 Å². The monoisotopic (exact) mass is 276 g/mol. The van der Waals surface area contributed by atoms with Crippen molar-refractivity contribution >= 4 is 29.6 Å². The van der Waals surface area contributed by atoms with Gasteiger partial charge in [0.2, 0.25) is 0 Å². The van der Waals surface area contributed by atoms with Crippen molar-refractivity contribution in [3.8, 4) is 0 Å². The van der Waals surface area contributed by atoms with E-state index in [2.05, 4.69) is 16.2 Å². The Morgan fingerprint density at radius 2 is 2.37 bits per heavy atom. The minimum atomic E-state index is 0.0928. The SMILES string of the molecule is CSCN1CCc2nn(C3=CCCN=C3)cc2C1=O. The number of hydrogen-bond acceptors (Lipinski definition) is 4. The second-order valence-electron chi connectivity index (χ2n) is 4.62. The quantitative estimate of drug-likeness (QED) is 0.841. The fourth-order valence-corrected chi connectivity index (χ4v) is 2.91. The van der Waals surface area contributed by atoms with Gasteiger partial charge < -0.3 is 4.90 Å². The molecule has 0 aromatic carbocycles. The summed E-state index contributed by atoms with van der Waals surface area (Å²) in [5.74, 6) is 0.836. The van der Waals surface area contributed by atoms with Crippen LogP contribution in [0.2, 0.25) is 0 Å². The third-order valence-electron chi connectivity index (χ3n) is 3.31. The van der Waals surface area contributed by atoms with E-state index in [1.807, 2.05) is 23.6 Å². The maximum absolute atomic E-state index is 12.3. The van der Waals surface area contributed by atoms with E-state index in [4.69, 9.17) is 0 Å². The molecule has 0 N–H and O–H groups in total. The van der Waals surface area contributed by atoms with Gasteiger partial charge in [-0.3, -0.25) is 9.79 Å². The zero-order valence-electron chi connectivity index (χ0n) is 10.9. The average Bonchev–Trinajstić information content (AvgIpc) is 2.88. The van der Waals surface area contributed by atoms with Crippen LogP contribution in [0, 0.1) is 0 Å². The Bertz CT molecular complexity index is 561. The van der Waals surface area contributed by atoms with Gasteiger partial charge in [-0.1, -0.05) is 6.08 Å². The largest absolute Gasteiger partial charge is 0.329 e. The van der Waals surface area contributed by atoms with Crippen molar-refractivity contribution in [1.82, 2.24) is 14.7 Å². The van der Waals surface area contributed by atoms with Gasteiger partial charge in [0.25, 0.3) is 5.91 Å². The summed E-state index contributed by atoms with van der Waals surface area (Å²) in [4.78, 5) is 18.4. The number of allylic oxidation sites excluding steroid dienone is 1. The Balaban J connectivity index is 1.89. The molecule has 1 aromatic rings. The molecule has 0 atom stereocenters. The number of aliphatic imine (C=N–C) groups is 1. The summed E-state index contributed by atoms with van der Waals surface area (Å²) in [6, 6.07) is 0. The molecule has 3 heterocycles. The van der Waals surface area contributed by atoms with E-state index in [1.165, 1.54) is 0 Å². The van der Waals surface area contributed by atoms with Gasteiger partial charge in [0, 0.05) is 31.9 Å². The van der Waals surface area contributed by atoms with Gasteiger partial charge in [0.1, 0.15) is 0 Å². The van der Waals surface area contributed by atoms with Crippen LogP contribution in [0.25, 0.3) is 5.70 Å². The lowest BCUT2D eigenvalue weighted by Crippen LogP contribution is -2.36. The fourth-order valence-electron chi connectivity index (χ4n) is 2.35. The summed E-state index contributed by atoms with van der Waals surface area (Å²) in [5, 5.41) is 4.52. The van der Waals surface area contributed by atoms with Gasteiger partial charge in [-0.25, -0.2) is 4.68 Å². The van der Waals surface area contributed by atoms with Crippen molar-refractivity contribution in [3.05, 3.63) is 23.5 Å². The molecule has 100 valence electrons. The van der Waals surface area contributed by atoms with Gasteiger partial charge in [0.15, 0.2) is 0 Å². The Morgan fingerprint density at radius 1 is 1.47 bits per heavy atom. The third kappa shape index (κ3) is 2.32. The summed E-state index contributed by atoms with van der Waals surface area (Å²) < 4.78 is 1.79. The molecule has 0 fully saturated rings. The highest BCUT2D eigenvalue weighted by atomic mass is 32.2. The highest BCUT2D eigenvalue weighted by Gasteiger charge is 2.27. The summed E-state index contributed by atoms with van der Waals surface area (Å²) in [6.07, 6.45) is 9.55. The molecular formula is C13H16N4OS. The highest BCUT2D eigenvalue weighted by Crippen LogP contribution is 2.20. The molecule has 0 saturated carbocycles. The number of amides is 1. The lowest BCUT2D eigenvalue weighted by atomic mass is 10.1. The molecule has 2 aliphatic rings. The minimum Gasteiger partial charge on any atom is -0.329 e. The van der Waals surface area contributed by atoms with E-state index in [9.17, 15) is 4.79 Å².